The standard InChI is InChI=1S/C23H31ClN2O3S/c1-6-16(4)17-7-9-18(10-8-17)23(15(2)3)25-14-22(27)26-21-13-19(30(5,28)29)11-12-20(21)24/h7-13,15-16,23,25H,6,14H2,1-5H3,(H,26,27)/t16-,23+/m0/s1. The van der Waals surface area contributed by atoms with Gasteiger partial charge in [-0.3, -0.25) is 4.79 Å². The fourth-order valence-corrected chi connectivity index (χ4v) is 4.05. The van der Waals surface area contributed by atoms with Gasteiger partial charge in [0.1, 0.15) is 0 Å². The molecule has 0 aliphatic heterocycles. The molecule has 5 nitrogen and oxygen atoms in total. The molecule has 0 aliphatic rings. The highest BCUT2D eigenvalue weighted by molar-refractivity contribution is 7.90. The van der Waals surface area contributed by atoms with Gasteiger partial charge in [0.25, 0.3) is 0 Å². The van der Waals surface area contributed by atoms with Crippen LogP contribution in [-0.2, 0) is 14.6 Å². The normalized spacial score (nSPS) is 13.8. The smallest absolute Gasteiger partial charge is 0.238 e. The molecule has 0 saturated carbocycles. The summed E-state index contributed by atoms with van der Waals surface area (Å²) in [6, 6.07) is 12.8. The lowest BCUT2D eigenvalue weighted by molar-refractivity contribution is -0.115. The Morgan fingerprint density at radius 1 is 1.03 bits per heavy atom. The van der Waals surface area contributed by atoms with Crippen molar-refractivity contribution in [3.05, 3.63) is 58.6 Å². The zero-order chi connectivity index (χ0) is 22.5. The molecule has 0 aromatic heterocycles. The number of nitrogens with one attached hydrogen (secondary N) is 2. The predicted octanol–water partition coefficient (Wildman–Crippen LogP) is 5.18. The van der Waals surface area contributed by atoms with E-state index in [0.29, 0.717) is 5.92 Å². The van der Waals surface area contributed by atoms with Gasteiger partial charge in [-0.1, -0.05) is 63.6 Å². The van der Waals surface area contributed by atoms with Crippen molar-refractivity contribution < 1.29 is 13.2 Å². The summed E-state index contributed by atoms with van der Waals surface area (Å²) in [6.07, 6.45) is 2.21. The molecule has 0 fully saturated rings. The molecule has 2 rings (SSSR count). The summed E-state index contributed by atoms with van der Waals surface area (Å²) in [5.74, 6) is 0.511. The van der Waals surface area contributed by atoms with Crippen LogP contribution in [0.1, 0.15) is 57.2 Å². The number of amides is 1. The highest BCUT2D eigenvalue weighted by Gasteiger charge is 2.18. The van der Waals surface area contributed by atoms with Crippen LogP contribution in [0.5, 0.6) is 0 Å². The van der Waals surface area contributed by atoms with Gasteiger partial charge < -0.3 is 10.6 Å². The number of carbonyl (C=O) groups is 1. The van der Waals surface area contributed by atoms with E-state index in [0.717, 1.165) is 18.2 Å². The largest absolute Gasteiger partial charge is 0.324 e. The average molecular weight is 451 g/mol. The van der Waals surface area contributed by atoms with Crippen LogP contribution >= 0.6 is 11.6 Å². The van der Waals surface area contributed by atoms with Gasteiger partial charge in [-0.25, -0.2) is 8.42 Å². The van der Waals surface area contributed by atoms with Gasteiger partial charge in [-0.05, 0) is 47.6 Å². The van der Waals surface area contributed by atoms with Crippen molar-refractivity contribution in [2.45, 2.75) is 51.0 Å². The molecule has 164 valence electrons. The summed E-state index contributed by atoms with van der Waals surface area (Å²) in [6.45, 7) is 8.67. The minimum Gasteiger partial charge on any atom is -0.324 e. The number of benzene rings is 2. The Labute approximate surface area is 185 Å². The van der Waals surface area contributed by atoms with Gasteiger partial charge in [-0.2, -0.15) is 0 Å². The lowest BCUT2D eigenvalue weighted by Crippen LogP contribution is -2.33. The van der Waals surface area contributed by atoms with Crippen LogP contribution in [0.4, 0.5) is 5.69 Å². The highest BCUT2D eigenvalue weighted by Crippen LogP contribution is 2.27. The molecule has 30 heavy (non-hydrogen) atoms. The van der Waals surface area contributed by atoms with Crippen LogP contribution in [0.15, 0.2) is 47.4 Å². The maximum absolute atomic E-state index is 12.5. The summed E-state index contributed by atoms with van der Waals surface area (Å²) in [7, 11) is -3.39. The second-order valence-electron chi connectivity index (χ2n) is 8.04. The molecule has 0 bridgehead atoms. The number of rotatable bonds is 9. The quantitative estimate of drug-likeness (QED) is 0.551. The third-order valence-electron chi connectivity index (χ3n) is 5.27. The van der Waals surface area contributed by atoms with E-state index in [2.05, 4.69) is 62.6 Å². The Morgan fingerprint density at radius 3 is 2.17 bits per heavy atom. The summed E-state index contributed by atoms with van der Waals surface area (Å²) in [5.41, 5.74) is 2.72. The monoisotopic (exact) mass is 450 g/mol. The number of anilines is 1. The van der Waals surface area contributed by atoms with E-state index < -0.39 is 9.84 Å². The van der Waals surface area contributed by atoms with Gasteiger partial charge in [-0.15, -0.1) is 0 Å². The summed E-state index contributed by atoms with van der Waals surface area (Å²) < 4.78 is 23.5. The first-order valence-electron chi connectivity index (χ1n) is 10.2. The Balaban J connectivity index is 2.07. The first-order chi connectivity index (χ1) is 14.0. The molecule has 2 aromatic carbocycles. The molecule has 2 atom stereocenters. The van der Waals surface area contributed by atoms with Crippen LogP contribution in [0, 0.1) is 5.92 Å². The molecule has 0 heterocycles. The number of hydrogen-bond donors (Lipinski definition) is 2. The minimum absolute atomic E-state index is 0.0135. The maximum Gasteiger partial charge on any atom is 0.238 e. The zero-order valence-corrected chi connectivity index (χ0v) is 19.8. The zero-order valence-electron chi connectivity index (χ0n) is 18.2. The molecule has 0 unspecified atom stereocenters. The number of carbonyl (C=O) groups excluding carboxylic acids is 1. The molecular formula is C23H31ClN2O3S. The van der Waals surface area contributed by atoms with Gasteiger partial charge in [0.05, 0.1) is 22.2 Å². The SMILES string of the molecule is CC[C@H](C)c1ccc([C@H](NCC(=O)Nc2cc(S(C)(=O)=O)ccc2Cl)C(C)C)cc1. The van der Waals surface area contributed by atoms with Crippen molar-refractivity contribution in [3.63, 3.8) is 0 Å². The Morgan fingerprint density at radius 2 is 1.63 bits per heavy atom. The average Bonchev–Trinajstić information content (AvgIpc) is 2.68. The molecule has 0 aliphatic carbocycles. The Bertz CT molecular complexity index is 972. The van der Waals surface area contributed by atoms with E-state index in [4.69, 9.17) is 11.6 Å². The van der Waals surface area contributed by atoms with Crippen molar-refractivity contribution in [1.82, 2.24) is 5.32 Å². The number of sulfone groups is 1. The van der Waals surface area contributed by atoms with Crippen LogP contribution in [0.2, 0.25) is 5.02 Å². The molecular weight excluding hydrogens is 420 g/mol. The van der Waals surface area contributed by atoms with Crippen LogP contribution < -0.4 is 10.6 Å². The second-order valence-corrected chi connectivity index (χ2v) is 10.5. The van der Waals surface area contributed by atoms with Gasteiger partial charge in [0.15, 0.2) is 9.84 Å². The summed E-state index contributed by atoms with van der Waals surface area (Å²) in [5, 5.41) is 6.30. The second kappa shape index (κ2) is 10.4. The van der Waals surface area contributed by atoms with E-state index in [1.165, 1.54) is 23.8 Å². The van der Waals surface area contributed by atoms with Gasteiger partial charge in [0.2, 0.25) is 5.91 Å². The topological polar surface area (TPSA) is 75.3 Å². The Kier molecular flexibility index (Phi) is 8.47. The van der Waals surface area contributed by atoms with Crippen LogP contribution in [0.3, 0.4) is 0 Å². The van der Waals surface area contributed by atoms with Crippen molar-refractivity contribution in [1.29, 1.82) is 0 Å². The molecule has 0 saturated heterocycles. The molecule has 0 radical (unpaired) electrons. The van der Waals surface area contributed by atoms with Crippen molar-refractivity contribution in [2.24, 2.45) is 5.92 Å². The Hall–Kier alpha value is -1.89. The highest BCUT2D eigenvalue weighted by atomic mass is 35.5. The molecule has 1 amide bonds. The minimum atomic E-state index is -3.39. The summed E-state index contributed by atoms with van der Waals surface area (Å²) >= 11 is 6.12. The number of halogens is 1. The van der Waals surface area contributed by atoms with Crippen molar-refractivity contribution in [3.8, 4) is 0 Å². The molecule has 2 N–H and O–H groups in total. The molecule has 0 spiro atoms. The fraction of sp³-hybridized carbons (Fsp3) is 0.435. The van der Waals surface area contributed by atoms with E-state index in [1.807, 2.05) is 0 Å². The van der Waals surface area contributed by atoms with Crippen molar-refractivity contribution >= 4 is 33.0 Å². The van der Waals surface area contributed by atoms with E-state index >= 15 is 0 Å². The molecule has 7 heteroatoms. The summed E-state index contributed by atoms with van der Waals surface area (Å²) in [4.78, 5) is 12.6. The number of hydrogen-bond acceptors (Lipinski definition) is 4. The third-order valence-corrected chi connectivity index (χ3v) is 6.71. The molecule has 2 aromatic rings. The van der Waals surface area contributed by atoms with Crippen molar-refractivity contribution in [2.75, 3.05) is 18.1 Å². The van der Waals surface area contributed by atoms with Crippen LogP contribution in [0.25, 0.3) is 0 Å². The van der Waals surface area contributed by atoms with E-state index in [-0.39, 0.29) is 40.0 Å². The third kappa shape index (κ3) is 6.56. The lowest BCUT2D eigenvalue weighted by atomic mass is 9.92. The lowest BCUT2D eigenvalue weighted by Gasteiger charge is -2.23. The van der Waals surface area contributed by atoms with Crippen LogP contribution in [-0.4, -0.2) is 27.1 Å². The van der Waals surface area contributed by atoms with E-state index in [9.17, 15) is 13.2 Å². The maximum atomic E-state index is 12.5. The van der Waals surface area contributed by atoms with Gasteiger partial charge in [0, 0.05) is 12.3 Å². The first kappa shape index (κ1) is 24.4. The fourth-order valence-electron chi connectivity index (χ4n) is 3.23. The van der Waals surface area contributed by atoms with Gasteiger partial charge >= 0.3 is 0 Å². The predicted molar refractivity (Wildman–Crippen MR) is 124 cm³/mol. The van der Waals surface area contributed by atoms with E-state index in [1.54, 1.807) is 0 Å². The first-order valence-corrected chi connectivity index (χ1v) is 12.4.